The van der Waals surface area contributed by atoms with Gasteiger partial charge in [-0.05, 0) is 37.1 Å². The number of carbonyl (C=O) groups excluding carboxylic acids is 2. The molecule has 1 aliphatic rings. The summed E-state index contributed by atoms with van der Waals surface area (Å²) in [7, 11) is 0. The maximum atomic E-state index is 12.5. The summed E-state index contributed by atoms with van der Waals surface area (Å²) >= 11 is 0. The number of ketones is 2. The van der Waals surface area contributed by atoms with Crippen LogP contribution in [-0.4, -0.2) is 24.2 Å². The van der Waals surface area contributed by atoms with Crippen LogP contribution in [-0.2, 0) is 9.59 Å². The van der Waals surface area contributed by atoms with Crippen LogP contribution in [0.15, 0.2) is 48.1 Å². The molecule has 1 aromatic carbocycles. The molecule has 0 saturated carbocycles. The Morgan fingerprint density at radius 3 is 1.86 bits per heavy atom. The fourth-order valence-corrected chi connectivity index (χ4v) is 3.74. The van der Waals surface area contributed by atoms with Gasteiger partial charge in [0.2, 0.25) is 0 Å². The molecule has 4 nitrogen and oxygen atoms in total. The number of hydrogen-bond acceptors (Lipinski definition) is 4. The van der Waals surface area contributed by atoms with Crippen molar-refractivity contribution in [2.45, 2.75) is 70.3 Å². The Balaban J connectivity index is 1.82. The first-order chi connectivity index (χ1) is 13.6. The predicted octanol–water partition coefficient (Wildman–Crippen LogP) is 4.34. The molecule has 1 aliphatic carbocycles. The molecule has 0 radical (unpaired) electrons. The third kappa shape index (κ3) is 6.84. The van der Waals surface area contributed by atoms with Gasteiger partial charge in [0.1, 0.15) is 0 Å². The number of allylic oxidation sites excluding steroid dienone is 3. The van der Waals surface area contributed by atoms with E-state index in [4.69, 9.17) is 11.5 Å². The Morgan fingerprint density at radius 2 is 1.25 bits per heavy atom. The molecule has 2 rings (SSSR count). The molecule has 28 heavy (non-hydrogen) atoms. The molecule has 0 amide bonds. The fourth-order valence-electron chi connectivity index (χ4n) is 3.74. The Hall–Kier alpha value is -2.04. The molecule has 152 valence electrons. The van der Waals surface area contributed by atoms with E-state index < -0.39 is 6.04 Å². The summed E-state index contributed by atoms with van der Waals surface area (Å²) in [5, 5.41) is 0. The molecular formula is C24H34N2O2. The lowest BCUT2D eigenvalue weighted by atomic mass is 9.84. The normalized spacial score (nSPS) is 15.4. The first-order valence-electron chi connectivity index (χ1n) is 10.7. The summed E-state index contributed by atoms with van der Waals surface area (Å²) in [4.78, 5) is 24.9. The van der Waals surface area contributed by atoms with E-state index in [1.54, 1.807) is 0 Å². The largest absolute Gasteiger partial charge is 0.330 e. The Morgan fingerprint density at radius 1 is 0.714 bits per heavy atom. The van der Waals surface area contributed by atoms with Crippen molar-refractivity contribution >= 4 is 17.1 Å². The lowest BCUT2D eigenvalue weighted by Crippen LogP contribution is -2.30. The van der Waals surface area contributed by atoms with Gasteiger partial charge >= 0.3 is 0 Å². The molecule has 4 N–H and O–H groups in total. The number of nitrogens with two attached hydrogens (primary N) is 2. The Labute approximate surface area is 169 Å². The van der Waals surface area contributed by atoms with Crippen LogP contribution >= 0.6 is 0 Å². The van der Waals surface area contributed by atoms with Crippen molar-refractivity contribution in [2.75, 3.05) is 6.54 Å². The lowest BCUT2D eigenvalue weighted by Gasteiger charge is -2.20. The summed E-state index contributed by atoms with van der Waals surface area (Å²) in [5.74, 6) is -0.269. The Bertz CT molecular complexity index is 692. The minimum atomic E-state index is -0.395. The van der Waals surface area contributed by atoms with E-state index >= 15 is 0 Å². The van der Waals surface area contributed by atoms with Crippen LogP contribution < -0.4 is 11.5 Å². The molecule has 0 aromatic heterocycles. The third-order valence-electron chi connectivity index (χ3n) is 5.32. The molecule has 4 heteroatoms. The van der Waals surface area contributed by atoms with E-state index in [2.05, 4.69) is 0 Å². The second-order valence-electron chi connectivity index (χ2n) is 7.58. The first kappa shape index (κ1) is 22.3. The maximum absolute atomic E-state index is 12.5. The zero-order valence-corrected chi connectivity index (χ0v) is 16.9. The van der Waals surface area contributed by atoms with Crippen molar-refractivity contribution in [3.8, 4) is 0 Å². The zero-order valence-electron chi connectivity index (χ0n) is 16.9. The van der Waals surface area contributed by atoms with E-state index in [-0.39, 0.29) is 11.6 Å². The average molecular weight is 383 g/mol. The van der Waals surface area contributed by atoms with Crippen LogP contribution in [0.1, 0.15) is 69.8 Å². The van der Waals surface area contributed by atoms with Crippen molar-refractivity contribution in [1.82, 2.24) is 0 Å². The standard InChI is InChI=1S/C24H34N2O2/c25-18-12-7-5-3-1-2-4-6-11-15-20(26)24-22(28)17-16-21(27)23(24)19-13-9-8-10-14-19/h8-10,13-14,16-17,20H,1-7,11-12,15,18,25-26H2. The highest BCUT2D eigenvalue weighted by Crippen LogP contribution is 2.28. The summed E-state index contributed by atoms with van der Waals surface area (Å²) in [6, 6.07) is 8.97. The molecule has 0 spiro atoms. The third-order valence-corrected chi connectivity index (χ3v) is 5.32. The van der Waals surface area contributed by atoms with Gasteiger partial charge in [-0.3, -0.25) is 9.59 Å². The maximum Gasteiger partial charge on any atom is 0.187 e. The quantitative estimate of drug-likeness (QED) is 0.392. The molecule has 0 heterocycles. The molecule has 0 bridgehead atoms. The zero-order chi connectivity index (χ0) is 20.2. The summed E-state index contributed by atoms with van der Waals surface area (Å²) in [6.07, 6.45) is 14.2. The van der Waals surface area contributed by atoms with Gasteiger partial charge < -0.3 is 11.5 Å². The molecule has 1 atom stereocenters. The minimum Gasteiger partial charge on any atom is -0.330 e. The first-order valence-corrected chi connectivity index (χ1v) is 10.7. The van der Waals surface area contributed by atoms with Crippen LogP contribution in [0.2, 0.25) is 0 Å². The fraction of sp³-hybridized carbons (Fsp3) is 0.500. The van der Waals surface area contributed by atoms with E-state index in [1.807, 2.05) is 30.3 Å². The van der Waals surface area contributed by atoms with Gasteiger partial charge in [-0.25, -0.2) is 0 Å². The predicted molar refractivity (Wildman–Crippen MR) is 116 cm³/mol. The second-order valence-corrected chi connectivity index (χ2v) is 7.58. The molecule has 0 fully saturated rings. The summed E-state index contributed by atoms with van der Waals surface area (Å²) in [6.45, 7) is 0.798. The van der Waals surface area contributed by atoms with Crippen molar-refractivity contribution in [1.29, 1.82) is 0 Å². The van der Waals surface area contributed by atoms with Gasteiger partial charge in [0.25, 0.3) is 0 Å². The summed E-state index contributed by atoms with van der Waals surface area (Å²) in [5.41, 5.74) is 13.6. The Kier molecular flexibility index (Phi) is 9.87. The highest BCUT2D eigenvalue weighted by atomic mass is 16.1. The number of carbonyl (C=O) groups is 2. The second kappa shape index (κ2) is 12.4. The van der Waals surface area contributed by atoms with Gasteiger partial charge in [0.05, 0.1) is 0 Å². The van der Waals surface area contributed by atoms with Crippen LogP contribution in [0.3, 0.4) is 0 Å². The number of unbranched alkanes of at least 4 members (excludes halogenated alkanes) is 8. The molecule has 1 aromatic rings. The van der Waals surface area contributed by atoms with Crippen molar-refractivity contribution in [3.63, 3.8) is 0 Å². The van der Waals surface area contributed by atoms with Gasteiger partial charge in [0, 0.05) is 17.2 Å². The highest BCUT2D eigenvalue weighted by molar-refractivity contribution is 6.36. The minimum absolute atomic E-state index is 0.133. The molecular weight excluding hydrogens is 348 g/mol. The average Bonchev–Trinajstić information content (AvgIpc) is 2.71. The van der Waals surface area contributed by atoms with Crippen molar-refractivity contribution < 1.29 is 9.59 Å². The van der Waals surface area contributed by atoms with Crippen LogP contribution in [0.25, 0.3) is 5.57 Å². The monoisotopic (exact) mass is 382 g/mol. The van der Waals surface area contributed by atoms with Crippen molar-refractivity contribution in [3.05, 3.63) is 53.6 Å². The smallest absolute Gasteiger partial charge is 0.187 e. The molecule has 0 aliphatic heterocycles. The highest BCUT2D eigenvalue weighted by Gasteiger charge is 2.27. The van der Waals surface area contributed by atoms with Gasteiger partial charge in [0.15, 0.2) is 11.6 Å². The van der Waals surface area contributed by atoms with Gasteiger partial charge in [-0.15, -0.1) is 0 Å². The van der Waals surface area contributed by atoms with Crippen LogP contribution in [0.4, 0.5) is 0 Å². The van der Waals surface area contributed by atoms with Crippen molar-refractivity contribution in [2.24, 2.45) is 11.5 Å². The topological polar surface area (TPSA) is 86.2 Å². The lowest BCUT2D eigenvalue weighted by molar-refractivity contribution is -0.114. The number of benzene rings is 1. The SMILES string of the molecule is NCCCCCCCCCCCC(N)C1=C(c2ccccc2)C(=O)C=CC1=O. The summed E-state index contributed by atoms with van der Waals surface area (Å²) < 4.78 is 0. The van der Waals surface area contributed by atoms with Crippen LogP contribution in [0, 0.1) is 0 Å². The molecule has 1 unspecified atom stereocenters. The van der Waals surface area contributed by atoms with E-state index in [0.29, 0.717) is 11.1 Å². The van der Waals surface area contributed by atoms with Crippen LogP contribution in [0.5, 0.6) is 0 Å². The number of hydrogen-bond donors (Lipinski definition) is 2. The van der Waals surface area contributed by atoms with Gasteiger partial charge in [-0.1, -0.05) is 81.7 Å². The van der Waals surface area contributed by atoms with Gasteiger partial charge in [-0.2, -0.15) is 0 Å². The van der Waals surface area contributed by atoms with E-state index in [1.165, 1.54) is 50.7 Å². The molecule has 0 saturated heterocycles. The number of rotatable bonds is 13. The van der Waals surface area contributed by atoms with E-state index in [0.717, 1.165) is 37.8 Å². The van der Waals surface area contributed by atoms with E-state index in [9.17, 15) is 9.59 Å².